The first-order valence-electron chi connectivity index (χ1n) is 8.49. The summed E-state index contributed by atoms with van der Waals surface area (Å²) in [4.78, 5) is 4.32. The molecule has 1 aromatic heterocycles. The molecule has 0 saturated heterocycles. The van der Waals surface area contributed by atoms with Gasteiger partial charge in [-0.2, -0.15) is 13.2 Å². The van der Waals surface area contributed by atoms with Crippen molar-refractivity contribution in [3.8, 4) is 5.75 Å². The second-order valence-electron chi connectivity index (χ2n) is 6.69. The van der Waals surface area contributed by atoms with Gasteiger partial charge in [0.05, 0.1) is 17.9 Å². The topological polar surface area (TPSA) is 59.3 Å². The molecule has 0 unspecified atom stereocenters. The highest BCUT2D eigenvalue weighted by Crippen LogP contribution is 2.31. The third-order valence-electron chi connectivity index (χ3n) is 4.71. The van der Waals surface area contributed by atoms with Gasteiger partial charge in [-0.25, -0.2) is 4.98 Å². The van der Waals surface area contributed by atoms with E-state index in [-0.39, 0.29) is 12.1 Å². The Hall–Kier alpha value is -1.32. The SMILES string of the molecule is Cn1cnc2c(Br)cc(OC3CCC(NC[C@@H](O)C(F)(F)F)CC3)cc21. The van der Waals surface area contributed by atoms with Gasteiger partial charge >= 0.3 is 6.18 Å². The van der Waals surface area contributed by atoms with Gasteiger partial charge in [0.2, 0.25) is 0 Å². The van der Waals surface area contributed by atoms with E-state index in [9.17, 15) is 13.2 Å². The van der Waals surface area contributed by atoms with Gasteiger partial charge < -0.3 is 19.7 Å². The lowest BCUT2D eigenvalue weighted by Gasteiger charge is -2.30. The maximum absolute atomic E-state index is 12.3. The summed E-state index contributed by atoms with van der Waals surface area (Å²) in [6.07, 6.45) is -2.20. The van der Waals surface area contributed by atoms with Crippen molar-refractivity contribution < 1.29 is 23.0 Å². The predicted molar refractivity (Wildman–Crippen MR) is 95.2 cm³/mol. The van der Waals surface area contributed by atoms with Crippen LogP contribution in [0.2, 0.25) is 0 Å². The van der Waals surface area contributed by atoms with Crippen LogP contribution >= 0.6 is 15.9 Å². The standard InChI is InChI=1S/C17H21BrF3N3O2/c1-24-9-23-16-13(18)6-12(7-14(16)24)26-11-4-2-10(3-5-11)22-8-15(25)17(19,20)21/h6-7,9-11,15,22,25H,2-5,8H2,1H3/t10?,11?,15-/m1/s1. The fourth-order valence-corrected chi connectivity index (χ4v) is 3.73. The summed E-state index contributed by atoms with van der Waals surface area (Å²) >= 11 is 3.50. The van der Waals surface area contributed by atoms with E-state index in [4.69, 9.17) is 9.84 Å². The Kier molecular flexibility index (Phi) is 5.78. The van der Waals surface area contributed by atoms with Crippen molar-refractivity contribution in [2.75, 3.05) is 6.54 Å². The quantitative estimate of drug-likeness (QED) is 0.753. The number of aliphatic hydroxyl groups excluding tert-OH is 1. The van der Waals surface area contributed by atoms with Gasteiger partial charge in [0.1, 0.15) is 11.3 Å². The second-order valence-corrected chi connectivity index (χ2v) is 7.54. The van der Waals surface area contributed by atoms with Crippen molar-refractivity contribution in [1.82, 2.24) is 14.9 Å². The minimum Gasteiger partial charge on any atom is -0.490 e. The molecule has 2 N–H and O–H groups in total. The lowest BCUT2D eigenvalue weighted by molar-refractivity contribution is -0.202. The third-order valence-corrected chi connectivity index (χ3v) is 5.32. The molecule has 1 aliphatic carbocycles. The molecule has 144 valence electrons. The first-order chi connectivity index (χ1) is 12.2. The van der Waals surface area contributed by atoms with Crippen LogP contribution in [-0.2, 0) is 7.05 Å². The van der Waals surface area contributed by atoms with Crippen molar-refractivity contribution in [1.29, 1.82) is 0 Å². The van der Waals surface area contributed by atoms with Gasteiger partial charge in [-0.15, -0.1) is 0 Å². The first-order valence-corrected chi connectivity index (χ1v) is 9.28. The van der Waals surface area contributed by atoms with Crippen LogP contribution in [0.1, 0.15) is 25.7 Å². The zero-order valence-corrected chi connectivity index (χ0v) is 15.8. The molecule has 3 rings (SSSR count). The van der Waals surface area contributed by atoms with E-state index in [1.54, 1.807) is 6.33 Å². The van der Waals surface area contributed by atoms with Crippen LogP contribution in [0, 0.1) is 0 Å². The van der Waals surface area contributed by atoms with Gasteiger partial charge in [0.15, 0.2) is 6.10 Å². The summed E-state index contributed by atoms with van der Waals surface area (Å²) in [5.41, 5.74) is 1.84. The monoisotopic (exact) mass is 435 g/mol. The summed E-state index contributed by atoms with van der Waals surface area (Å²) in [6, 6.07) is 3.80. The van der Waals surface area contributed by atoms with E-state index in [1.165, 1.54) is 0 Å². The number of benzene rings is 1. The van der Waals surface area contributed by atoms with Gasteiger partial charge in [-0.3, -0.25) is 0 Å². The summed E-state index contributed by atoms with van der Waals surface area (Å²) < 4.78 is 45.9. The molecule has 26 heavy (non-hydrogen) atoms. The molecule has 9 heteroatoms. The largest absolute Gasteiger partial charge is 0.490 e. The molecule has 2 aromatic rings. The number of aryl methyl sites for hydroxylation is 1. The highest BCUT2D eigenvalue weighted by molar-refractivity contribution is 9.10. The number of aliphatic hydroxyl groups is 1. The molecule has 1 saturated carbocycles. The number of ether oxygens (including phenoxy) is 1. The average molecular weight is 436 g/mol. The van der Waals surface area contributed by atoms with E-state index >= 15 is 0 Å². The smallest absolute Gasteiger partial charge is 0.415 e. The summed E-state index contributed by atoms with van der Waals surface area (Å²) in [6.45, 7) is -0.468. The molecule has 1 aromatic carbocycles. The Morgan fingerprint density at radius 3 is 2.69 bits per heavy atom. The van der Waals surface area contributed by atoms with E-state index in [0.717, 1.165) is 34.1 Å². The van der Waals surface area contributed by atoms with E-state index in [1.807, 2.05) is 23.7 Å². The lowest BCUT2D eigenvalue weighted by Crippen LogP contribution is -2.44. The highest BCUT2D eigenvalue weighted by Gasteiger charge is 2.38. The lowest BCUT2D eigenvalue weighted by atomic mass is 9.93. The zero-order valence-electron chi connectivity index (χ0n) is 14.3. The minimum absolute atomic E-state index is 0.0261. The maximum atomic E-state index is 12.3. The van der Waals surface area contributed by atoms with Crippen molar-refractivity contribution in [3.63, 3.8) is 0 Å². The van der Waals surface area contributed by atoms with Crippen LogP contribution in [0.5, 0.6) is 5.75 Å². The molecule has 0 aliphatic heterocycles. The number of nitrogens with one attached hydrogen (secondary N) is 1. The van der Waals surface area contributed by atoms with Crippen LogP contribution in [0.15, 0.2) is 22.9 Å². The van der Waals surface area contributed by atoms with Gasteiger partial charge in [0.25, 0.3) is 0 Å². The normalized spacial score (nSPS) is 22.5. The Balaban J connectivity index is 1.52. The Morgan fingerprint density at radius 2 is 2.04 bits per heavy atom. The van der Waals surface area contributed by atoms with Crippen LogP contribution in [-0.4, -0.2) is 45.6 Å². The third kappa shape index (κ3) is 4.50. The molecular weight excluding hydrogens is 415 g/mol. The zero-order chi connectivity index (χ0) is 18.9. The number of rotatable bonds is 5. The molecular formula is C17H21BrF3N3O2. The van der Waals surface area contributed by atoms with Crippen molar-refractivity contribution in [2.45, 2.75) is 50.1 Å². The maximum Gasteiger partial charge on any atom is 0.415 e. The summed E-state index contributed by atoms with van der Waals surface area (Å²) in [7, 11) is 1.91. The summed E-state index contributed by atoms with van der Waals surface area (Å²) in [5, 5.41) is 11.9. The second kappa shape index (κ2) is 7.74. The molecule has 1 heterocycles. The fourth-order valence-electron chi connectivity index (χ4n) is 3.20. The predicted octanol–water partition coefficient (Wildman–Crippen LogP) is 3.54. The number of alkyl halides is 3. The van der Waals surface area contributed by atoms with Gasteiger partial charge in [-0.05, 0) is 47.7 Å². The average Bonchev–Trinajstić information content (AvgIpc) is 2.95. The number of hydrogen-bond acceptors (Lipinski definition) is 4. The van der Waals surface area contributed by atoms with E-state index in [2.05, 4.69) is 26.2 Å². The molecule has 0 amide bonds. The molecule has 0 radical (unpaired) electrons. The van der Waals surface area contributed by atoms with Crippen LogP contribution < -0.4 is 10.1 Å². The number of imidazole rings is 1. The number of fused-ring (bicyclic) bond motifs is 1. The molecule has 1 aliphatic rings. The molecule has 1 atom stereocenters. The Morgan fingerprint density at radius 1 is 1.35 bits per heavy atom. The molecule has 0 bridgehead atoms. The van der Waals surface area contributed by atoms with Gasteiger partial charge in [0, 0.05) is 30.2 Å². The van der Waals surface area contributed by atoms with Gasteiger partial charge in [-0.1, -0.05) is 0 Å². The molecule has 0 spiro atoms. The number of nitrogens with zero attached hydrogens (tertiary/aromatic N) is 2. The number of aromatic nitrogens is 2. The Labute approximate surface area is 157 Å². The summed E-state index contributed by atoms with van der Waals surface area (Å²) in [5.74, 6) is 0.747. The first kappa shape index (κ1) is 19.4. The van der Waals surface area contributed by atoms with E-state index in [0.29, 0.717) is 12.8 Å². The highest BCUT2D eigenvalue weighted by atomic mass is 79.9. The van der Waals surface area contributed by atoms with Crippen LogP contribution in [0.3, 0.4) is 0 Å². The van der Waals surface area contributed by atoms with Crippen molar-refractivity contribution in [2.24, 2.45) is 7.05 Å². The van der Waals surface area contributed by atoms with Crippen LogP contribution in [0.25, 0.3) is 11.0 Å². The molecule has 1 fully saturated rings. The number of hydrogen-bond donors (Lipinski definition) is 2. The van der Waals surface area contributed by atoms with Crippen LogP contribution in [0.4, 0.5) is 13.2 Å². The van der Waals surface area contributed by atoms with Crippen molar-refractivity contribution in [3.05, 3.63) is 22.9 Å². The molecule has 5 nitrogen and oxygen atoms in total. The van der Waals surface area contributed by atoms with E-state index < -0.39 is 18.8 Å². The number of halogens is 4. The minimum atomic E-state index is -4.58. The fraction of sp³-hybridized carbons (Fsp3) is 0.588. The Bertz CT molecular complexity index is 758. The van der Waals surface area contributed by atoms with Crippen molar-refractivity contribution >= 4 is 27.0 Å².